The minimum atomic E-state index is -0.865. The van der Waals surface area contributed by atoms with E-state index in [9.17, 15) is 9.90 Å². The van der Waals surface area contributed by atoms with Crippen LogP contribution in [0.25, 0.3) is 5.57 Å². The van der Waals surface area contributed by atoms with Crippen molar-refractivity contribution < 1.29 is 9.90 Å². The number of rotatable bonds is 3. The molecule has 0 aliphatic heterocycles. The van der Waals surface area contributed by atoms with E-state index in [1.54, 1.807) is 5.51 Å². The third-order valence-electron chi connectivity index (χ3n) is 3.75. The van der Waals surface area contributed by atoms with Gasteiger partial charge in [-0.2, -0.15) is 0 Å². The highest BCUT2D eigenvalue weighted by Gasteiger charge is 2.23. The summed E-state index contributed by atoms with van der Waals surface area (Å²) in [5, 5.41) is 11.3. The number of allylic oxidation sites excluding steroid dienone is 2. The molecule has 0 bridgehead atoms. The van der Waals surface area contributed by atoms with Crippen LogP contribution in [-0.4, -0.2) is 35.1 Å². The fourth-order valence-corrected chi connectivity index (χ4v) is 3.02. The van der Waals surface area contributed by atoms with E-state index in [-0.39, 0.29) is 0 Å². The Kier molecular flexibility index (Phi) is 4.50. The summed E-state index contributed by atoms with van der Waals surface area (Å²) in [5.74, 6) is 5.23. The van der Waals surface area contributed by atoms with Crippen molar-refractivity contribution in [2.75, 3.05) is 14.1 Å². The number of benzene rings is 1. The van der Waals surface area contributed by atoms with E-state index in [4.69, 9.17) is 0 Å². The van der Waals surface area contributed by atoms with Gasteiger partial charge < -0.3 is 10.0 Å². The highest BCUT2D eigenvalue weighted by Crippen LogP contribution is 2.33. The lowest BCUT2D eigenvalue weighted by Gasteiger charge is -2.12. The third kappa shape index (κ3) is 3.39. The van der Waals surface area contributed by atoms with Gasteiger partial charge in [0.1, 0.15) is 5.69 Å². The van der Waals surface area contributed by atoms with Crippen molar-refractivity contribution in [2.24, 2.45) is 0 Å². The predicted molar refractivity (Wildman–Crippen MR) is 95.5 cm³/mol. The summed E-state index contributed by atoms with van der Waals surface area (Å²) in [6.07, 6.45) is 2.38. The van der Waals surface area contributed by atoms with Crippen LogP contribution in [0.1, 0.15) is 23.2 Å². The monoisotopic (exact) mass is 336 g/mol. The molecule has 1 aromatic carbocycles. The number of hydrogen-bond acceptors (Lipinski definition) is 4. The third-order valence-corrected chi connectivity index (χ3v) is 4.34. The maximum absolute atomic E-state index is 11.4. The number of hydrogen-bond donors (Lipinski definition) is 1. The number of thiazole rings is 1. The summed E-state index contributed by atoms with van der Waals surface area (Å²) in [7, 11) is 3.71. The van der Waals surface area contributed by atoms with Crippen molar-refractivity contribution in [3.63, 3.8) is 0 Å². The maximum atomic E-state index is 11.4. The van der Waals surface area contributed by atoms with Crippen molar-refractivity contribution in [3.05, 3.63) is 69.3 Å². The standard InChI is InChI=1S/C19H16N2O2S/c1-21(2)18-10-15(9-17(18)19(22)23)14-6-3-13(4-7-14)5-8-16-11-24-12-20-16/h3-4,6-7,10-12H,9H2,1-2H3,(H,22,23). The largest absolute Gasteiger partial charge is 0.478 e. The van der Waals surface area contributed by atoms with Gasteiger partial charge in [0.05, 0.1) is 11.1 Å². The summed E-state index contributed by atoms with van der Waals surface area (Å²) >= 11 is 1.52. The number of aromatic nitrogens is 1. The smallest absolute Gasteiger partial charge is 0.334 e. The van der Waals surface area contributed by atoms with Gasteiger partial charge in [0, 0.05) is 37.2 Å². The number of carboxylic acids is 1. The quantitative estimate of drug-likeness (QED) is 0.875. The maximum Gasteiger partial charge on any atom is 0.334 e. The molecule has 1 aliphatic rings. The lowest BCUT2D eigenvalue weighted by Crippen LogP contribution is -2.13. The van der Waals surface area contributed by atoms with Gasteiger partial charge >= 0.3 is 5.97 Å². The number of likely N-dealkylation sites (N-methyl/N-ethyl adjacent to an activating group) is 1. The second-order valence-electron chi connectivity index (χ2n) is 5.61. The Bertz CT molecular complexity index is 880. The van der Waals surface area contributed by atoms with Gasteiger partial charge in [-0.05, 0) is 35.3 Å². The van der Waals surface area contributed by atoms with Crippen molar-refractivity contribution >= 4 is 22.9 Å². The molecule has 1 aliphatic carbocycles. The van der Waals surface area contributed by atoms with Crippen LogP contribution in [0, 0.1) is 11.8 Å². The predicted octanol–water partition coefficient (Wildman–Crippen LogP) is 3.23. The molecule has 1 N–H and O–H groups in total. The zero-order valence-corrected chi connectivity index (χ0v) is 14.2. The first-order chi connectivity index (χ1) is 11.5. The summed E-state index contributed by atoms with van der Waals surface area (Å²) in [6, 6.07) is 7.86. The first-order valence-corrected chi connectivity index (χ1v) is 8.34. The average Bonchev–Trinajstić information content (AvgIpc) is 3.23. The van der Waals surface area contributed by atoms with Crippen LogP contribution < -0.4 is 0 Å². The Morgan fingerprint density at radius 1 is 1.25 bits per heavy atom. The van der Waals surface area contributed by atoms with Crippen molar-refractivity contribution in [2.45, 2.75) is 6.42 Å². The van der Waals surface area contributed by atoms with Gasteiger partial charge in [-0.3, -0.25) is 0 Å². The zero-order chi connectivity index (χ0) is 17.1. The Morgan fingerprint density at radius 3 is 2.54 bits per heavy atom. The van der Waals surface area contributed by atoms with Gasteiger partial charge in [-0.25, -0.2) is 9.78 Å². The molecule has 0 fully saturated rings. The molecule has 2 aromatic rings. The highest BCUT2D eigenvalue weighted by atomic mass is 32.1. The second-order valence-corrected chi connectivity index (χ2v) is 6.33. The van der Waals surface area contributed by atoms with Crippen molar-refractivity contribution in [3.8, 4) is 11.8 Å². The van der Waals surface area contributed by atoms with Gasteiger partial charge in [0.2, 0.25) is 0 Å². The summed E-state index contributed by atoms with van der Waals surface area (Å²) in [5.41, 5.74) is 6.65. The topological polar surface area (TPSA) is 53.4 Å². The van der Waals surface area contributed by atoms with Crippen LogP contribution >= 0.6 is 11.3 Å². The van der Waals surface area contributed by atoms with E-state index in [2.05, 4.69) is 16.8 Å². The molecule has 3 rings (SSSR count). The molecule has 0 saturated carbocycles. The Morgan fingerprint density at radius 2 is 2.00 bits per heavy atom. The fraction of sp³-hybridized carbons (Fsp3) is 0.158. The molecule has 4 nitrogen and oxygen atoms in total. The second kappa shape index (κ2) is 6.73. The molecule has 0 unspecified atom stereocenters. The fourth-order valence-electron chi connectivity index (χ4n) is 2.53. The number of carboxylic acid groups (broad SMARTS) is 1. The van der Waals surface area contributed by atoms with E-state index in [1.807, 2.05) is 54.7 Å². The minimum Gasteiger partial charge on any atom is -0.478 e. The van der Waals surface area contributed by atoms with Gasteiger partial charge in [0.15, 0.2) is 0 Å². The van der Waals surface area contributed by atoms with Crippen LogP contribution in [-0.2, 0) is 4.79 Å². The van der Waals surface area contributed by atoms with Gasteiger partial charge in [-0.1, -0.05) is 18.1 Å². The van der Waals surface area contributed by atoms with Crippen LogP contribution in [0.5, 0.6) is 0 Å². The molecule has 0 radical (unpaired) electrons. The number of nitrogens with zero attached hydrogens (tertiary/aromatic N) is 2. The van der Waals surface area contributed by atoms with Crippen molar-refractivity contribution in [1.29, 1.82) is 0 Å². The number of aliphatic carboxylic acids is 1. The molecular formula is C19H16N2O2S. The van der Waals surface area contributed by atoms with Crippen LogP contribution in [0.15, 0.2) is 52.5 Å². The molecule has 5 heteroatoms. The molecular weight excluding hydrogens is 320 g/mol. The molecule has 0 saturated heterocycles. The van der Waals surface area contributed by atoms with Crippen molar-refractivity contribution in [1.82, 2.24) is 9.88 Å². The Hall–Kier alpha value is -2.84. The van der Waals surface area contributed by atoms with E-state index in [1.165, 1.54) is 11.3 Å². The SMILES string of the molecule is CN(C)C1=C(C(=O)O)CC(c2ccc(C#Cc3cscn3)cc2)=C1. The molecule has 1 aromatic heterocycles. The summed E-state index contributed by atoms with van der Waals surface area (Å²) in [6.45, 7) is 0. The highest BCUT2D eigenvalue weighted by molar-refractivity contribution is 7.07. The molecule has 1 heterocycles. The van der Waals surface area contributed by atoms with Gasteiger partial charge in [0.25, 0.3) is 0 Å². The van der Waals surface area contributed by atoms with E-state index in [0.29, 0.717) is 12.0 Å². The van der Waals surface area contributed by atoms with Crippen LogP contribution in [0.4, 0.5) is 0 Å². The molecule has 120 valence electrons. The Labute approximate surface area is 144 Å². The first-order valence-electron chi connectivity index (χ1n) is 7.39. The normalized spacial score (nSPS) is 13.3. The number of carbonyl (C=O) groups is 1. The van der Waals surface area contributed by atoms with Gasteiger partial charge in [-0.15, -0.1) is 11.3 Å². The molecule has 0 spiro atoms. The minimum absolute atomic E-state index is 0.433. The molecule has 0 atom stereocenters. The first kappa shape index (κ1) is 16.0. The molecule has 0 amide bonds. The zero-order valence-electron chi connectivity index (χ0n) is 13.4. The Balaban J connectivity index is 1.80. The van der Waals surface area contributed by atoms with Crippen LogP contribution in [0.3, 0.4) is 0 Å². The summed E-state index contributed by atoms with van der Waals surface area (Å²) < 4.78 is 0. The summed E-state index contributed by atoms with van der Waals surface area (Å²) in [4.78, 5) is 17.4. The lowest BCUT2D eigenvalue weighted by atomic mass is 10.0. The van der Waals surface area contributed by atoms with E-state index in [0.717, 1.165) is 28.1 Å². The van der Waals surface area contributed by atoms with E-state index >= 15 is 0 Å². The average molecular weight is 336 g/mol. The molecule has 24 heavy (non-hydrogen) atoms. The van der Waals surface area contributed by atoms with E-state index < -0.39 is 5.97 Å². The lowest BCUT2D eigenvalue weighted by molar-refractivity contribution is -0.132. The van der Waals surface area contributed by atoms with Crippen LogP contribution in [0.2, 0.25) is 0 Å².